The molecule has 0 spiro atoms. The minimum atomic E-state index is -0.668. The second kappa shape index (κ2) is 7.00. The molecular formula is C13H17ClN2O4. The van der Waals surface area contributed by atoms with E-state index in [9.17, 15) is 9.59 Å². The molecule has 110 valence electrons. The fourth-order valence-corrected chi connectivity index (χ4v) is 1.80. The third kappa shape index (κ3) is 4.03. The standard InChI is InChI=1S/C13H17ClN2O4/c1-7(15-8(2)17)13(18)16-10-6-11(19-3)9(14)5-12(10)20-4/h5-7H,1-4H3,(H,15,17)(H,16,18). The third-order valence-electron chi connectivity index (χ3n) is 2.54. The SMILES string of the molecule is COc1cc(NC(=O)C(C)NC(C)=O)c(OC)cc1Cl. The molecule has 0 bridgehead atoms. The van der Waals surface area contributed by atoms with Crippen molar-refractivity contribution < 1.29 is 19.1 Å². The highest BCUT2D eigenvalue weighted by atomic mass is 35.5. The van der Waals surface area contributed by atoms with Crippen molar-refractivity contribution in [2.75, 3.05) is 19.5 Å². The summed E-state index contributed by atoms with van der Waals surface area (Å²) in [5.74, 6) is 0.158. The molecule has 1 unspecified atom stereocenters. The van der Waals surface area contributed by atoms with Gasteiger partial charge in [0, 0.05) is 19.1 Å². The summed E-state index contributed by atoms with van der Waals surface area (Å²) < 4.78 is 10.2. The van der Waals surface area contributed by atoms with Gasteiger partial charge < -0.3 is 20.1 Å². The number of anilines is 1. The van der Waals surface area contributed by atoms with Crippen LogP contribution in [0, 0.1) is 0 Å². The Bertz CT molecular complexity index is 519. The number of carbonyl (C=O) groups is 2. The summed E-state index contributed by atoms with van der Waals surface area (Å²) in [6.45, 7) is 2.92. The molecule has 0 aliphatic carbocycles. The number of benzene rings is 1. The van der Waals surface area contributed by atoms with Crippen LogP contribution in [0.4, 0.5) is 5.69 Å². The van der Waals surface area contributed by atoms with E-state index in [0.29, 0.717) is 22.2 Å². The van der Waals surface area contributed by atoms with Crippen LogP contribution in [0.5, 0.6) is 11.5 Å². The van der Waals surface area contributed by atoms with Gasteiger partial charge >= 0.3 is 0 Å². The summed E-state index contributed by atoms with van der Waals surface area (Å²) in [4.78, 5) is 22.9. The highest BCUT2D eigenvalue weighted by molar-refractivity contribution is 6.32. The number of carbonyl (C=O) groups excluding carboxylic acids is 2. The number of ether oxygens (including phenoxy) is 2. The number of hydrogen-bond donors (Lipinski definition) is 2. The van der Waals surface area contributed by atoms with Crippen LogP contribution in [0.3, 0.4) is 0 Å². The van der Waals surface area contributed by atoms with Crippen molar-refractivity contribution in [2.24, 2.45) is 0 Å². The largest absolute Gasteiger partial charge is 0.495 e. The Morgan fingerprint density at radius 2 is 1.80 bits per heavy atom. The summed E-state index contributed by atoms with van der Waals surface area (Å²) in [5.41, 5.74) is 0.413. The van der Waals surface area contributed by atoms with E-state index in [1.165, 1.54) is 21.1 Å². The van der Waals surface area contributed by atoms with Gasteiger partial charge in [0.05, 0.1) is 24.9 Å². The molecule has 0 saturated heterocycles. The van der Waals surface area contributed by atoms with Crippen molar-refractivity contribution in [3.05, 3.63) is 17.2 Å². The van der Waals surface area contributed by atoms with E-state index in [1.54, 1.807) is 19.1 Å². The number of nitrogens with one attached hydrogen (secondary N) is 2. The van der Waals surface area contributed by atoms with Crippen LogP contribution in [-0.4, -0.2) is 32.1 Å². The highest BCUT2D eigenvalue weighted by Crippen LogP contribution is 2.35. The van der Waals surface area contributed by atoms with Crippen molar-refractivity contribution in [2.45, 2.75) is 19.9 Å². The molecule has 1 atom stereocenters. The van der Waals surface area contributed by atoms with Gasteiger partial charge in [-0.25, -0.2) is 0 Å². The normalized spacial score (nSPS) is 11.4. The Kier molecular flexibility index (Phi) is 5.64. The maximum absolute atomic E-state index is 11.9. The predicted molar refractivity (Wildman–Crippen MR) is 76.5 cm³/mol. The van der Waals surface area contributed by atoms with Crippen molar-refractivity contribution >= 4 is 29.1 Å². The van der Waals surface area contributed by atoms with Gasteiger partial charge in [-0.05, 0) is 6.92 Å². The Morgan fingerprint density at radius 1 is 1.20 bits per heavy atom. The number of rotatable bonds is 5. The predicted octanol–water partition coefficient (Wildman–Crippen LogP) is 1.82. The molecule has 2 amide bonds. The van der Waals surface area contributed by atoms with Gasteiger partial charge in [0.15, 0.2) is 0 Å². The summed E-state index contributed by atoms with van der Waals surface area (Å²) in [7, 11) is 2.93. The Balaban J connectivity index is 2.95. The quantitative estimate of drug-likeness (QED) is 0.869. The van der Waals surface area contributed by atoms with Crippen LogP contribution in [0.2, 0.25) is 5.02 Å². The smallest absolute Gasteiger partial charge is 0.246 e. The van der Waals surface area contributed by atoms with Crippen LogP contribution in [0.25, 0.3) is 0 Å². The first-order chi connectivity index (χ1) is 9.38. The lowest BCUT2D eigenvalue weighted by Crippen LogP contribution is -2.40. The van der Waals surface area contributed by atoms with Gasteiger partial charge in [-0.15, -0.1) is 0 Å². The average molecular weight is 301 g/mol. The second-order valence-corrected chi connectivity index (χ2v) is 4.51. The summed E-state index contributed by atoms with van der Waals surface area (Å²) in [5, 5.41) is 5.51. The molecule has 1 rings (SSSR count). The molecule has 2 N–H and O–H groups in total. The first-order valence-corrected chi connectivity index (χ1v) is 6.26. The Morgan fingerprint density at radius 3 is 2.30 bits per heavy atom. The third-order valence-corrected chi connectivity index (χ3v) is 2.84. The number of amides is 2. The number of hydrogen-bond acceptors (Lipinski definition) is 4. The molecule has 1 aromatic rings. The van der Waals surface area contributed by atoms with E-state index < -0.39 is 6.04 Å². The summed E-state index contributed by atoms with van der Waals surface area (Å²) >= 11 is 5.97. The van der Waals surface area contributed by atoms with Crippen LogP contribution < -0.4 is 20.1 Å². The monoisotopic (exact) mass is 300 g/mol. The van der Waals surface area contributed by atoms with Gasteiger partial charge in [0.2, 0.25) is 11.8 Å². The Hall–Kier alpha value is -1.95. The van der Waals surface area contributed by atoms with E-state index in [-0.39, 0.29) is 11.8 Å². The molecule has 0 fully saturated rings. The maximum Gasteiger partial charge on any atom is 0.246 e. The molecule has 6 nitrogen and oxygen atoms in total. The minimum Gasteiger partial charge on any atom is -0.495 e. The molecule has 0 radical (unpaired) electrons. The minimum absolute atomic E-state index is 0.284. The fourth-order valence-electron chi connectivity index (χ4n) is 1.57. The molecule has 0 aliphatic heterocycles. The Labute approximate surface area is 122 Å². The van der Waals surface area contributed by atoms with E-state index in [4.69, 9.17) is 21.1 Å². The van der Waals surface area contributed by atoms with Crippen LogP contribution in [0.1, 0.15) is 13.8 Å². The lowest BCUT2D eigenvalue weighted by Gasteiger charge is -2.16. The topological polar surface area (TPSA) is 76.7 Å². The summed E-state index contributed by atoms with van der Waals surface area (Å²) in [6, 6.07) is 2.43. The van der Waals surface area contributed by atoms with Crippen molar-refractivity contribution in [3.8, 4) is 11.5 Å². The van der Waals surface area contributed by atoms with Crippen LogP contribution in [-0.2, 0) is 9.59 Å². The van der Waals surface area contributed by atoms with Gasteiger partial charge in [-0.3, -0.25) is 9.59 Å². The van der Waals surface area contributed by atoms with Crippen molar-refractivity contribution in [3.63, 3.8) is 0 Å². The van der Waals surface area contributed by atoms with Gasteiger partial charge in [0.25, 0.3) is 0 Å². The molecule has 0 aliphatic rings. The molecular weight excluding hydrogens is 284 g/mol. The second-order valence-electron chi connectivity index (χ2n) is 4.10. The van der Waals surface area contributed by atoms with Gasteiger partial charge in [-0.1, -0.05) is 11.6 Å². The number of methoxy groups -OCH3 is 2. The zero-order chi connectivity index (χ0) is 15.3. The van der Waals surface area contributed by atoms with Crippen LogP contribution in [0.15, 0.2) is 12.1 Å². The molecule has 20 heavy (non-hydrogen) atoms. The zero-order valence-electron chi connectivity index (χ0n) is 11.7. The van der Waals surface area contributed by atoms with Crippen LogP contribution >= 0.6 is 11.6 Å². The fraction of sp³-hybridized carbons (Fsp3) is 0.385. The van der Waals surface area contributed by atoms with Gasteiger partial charge in [0.1, 0.15) is 17.5 Å². The van der Waals surface area contributed by atoms with Gasteiger partial charge in [-0.2, -0.15) is 0 Å². The molecule has 0 aromatic heterocycles. The first kappa shape index (κ1) is 16.1. The molecule has 0 saturated carbocycles. The lowest BCUT2D eigenvalue weighted by molar-refractivity contribution is -0.124. The van der Waals surface area contributed by atoms with E-state index in [2.05, 4.69) is 10.6 Å². The average Bonchev–Trinajstić information content (AvgIpc) is 2.39. The lowest BCUT2D eigenvalue weighted by atomic mass is 10.2. The van der Waals surface area contributed by atoms with E-state index in [0.717, 1.165) is 0 Å². The maximum atomic E-state index is 11.9. The molecule has 7 heteroatoms. The van der Waals surface area contributed by atoms with Crippen molar-refractivity contribution in [1.82, 2.24) is 5.32 Å². The number of halogens is 1. The van der Waals surface area contributed by atoms with E-state index >= 15 is 0 Å². The molecule has 0 heterocycles. The molecule has 1 aromatic carbocycles. The summed E-state index contributed by atoms with van der Waals surface area (Å²) in [6.07, 6.45) is 0. The van der Waals surface area contributed by atoms with Crippen molar-refractivity contribution in [1.29, 1.82) is 0 Å². The zero-order valence-corrected chi connectivity index (χ0v) is 12.5. The van der Waals surface area contributed by atoms with E-state index in [1.807, 2.05) is 0 Å². The first-order valence-electron chi connectivity index (χ1n) is 5.88. The highest BCUT2D eigenvalue weighted by Gasteiger charge is 2.17.